The van der Waals surface area contributed by atoms with Crippen LogP contribution in [0.1, 0.15) is 12.0 Å². The van der Waals surface area contributed by atoms with E-state index in [1.165, 1.54) is 5.56 Å². The number of aryl methyl sites for hydroxylation is 1. The molecule has 0 N–H and O–H groups in total. The molecule has 0 unspecified atom stereocenters. The lowest BCUT2D eigenvalue weighted by molar-refractivity contribution is 0.307. The summed E-state index contributed by atoms with van der Waals surface area (Å²) in [6, 6.07) is 14.2. The van der Waals surface area contributed by atoms with Crippen LogP contribution >= 0.6 is 15.9 Å². The van der Waals surface area contributed by atoms with Crippen molar-refractivity contribution in [1.82, 2.24) is 4.98 Å². The summed E-state index contributed by atoms with van der Waals surface area (Å²) in [4.78, 5) is 4.11. The summed E-state index contributed by atoms with van der Waals surface area (Å²) in [7, 11) is 0. The SMILES string of the molecule is Brc1ncccc1OCCCc1ccccc1. The maximum Gasteiger partial charge on any atom is 0.152 e. The number of hydrogen-bond donors (Lipinski definition) is 0. The van der Waals surface area contributed by atoms with Crippen molar-refractivity contribution < 1.29 is 4.74 Å². The van der Waals surface area contributed by atoms with Crippen LogP contribution in [0.4, 0.5) is 0 Å². The van der Waals surface area contributed by atoms with E-state index in [0.717, 1.165) is 23.2 Å². The van der Waals surface area contributed by atoms with E-state index in [-0.39, 0.29) is 0 Å². The lowest BCUT2D eigenvalue weighted by Crippen LogP contribution is -2.00. The van der Waals surface area contributed by atoms with E-state index in [4.69, 9.17) is 4.74 Å². The van der Waals surface area contributed by atoms with Gasteiger partial charge in [-0.2, -0.15) is 0 Å². The molecule has 0 aliphatic rings. The normalized spacial score (nSPS) is 10.2. The fourth-order valence-corrected chi connectivity index (χ4v) is 1.95. The summed E-state index contributed by atoms with van der Waals surface area (Å²) in [6.07, 6.45) is 3.78. The Labute approximate surface area is 110 Å². The third-order valence-electron chi connectivity index (χ3n) is 2.44. The number of ether oxygens (including phenoxy) is 1. The molecule has 2 aromatic rings. The lowest BCUT2D eigenvalue weighted by Gasteiger charge is -2.07. The van der Waals surface area contributed by atoms with Gasteiger partial charge >= 0.3 is 0 Å². The number of halogens is 1. The molecule has 0 atom stereocenters. The molecule has 2 nitrogen and oxygen atoms in total. The third-order valence-corrected chi connectivity index (χ3v) is 3.03. The fourth-order valence-electron chi connectivity index (χ4n) is 1.58. The number of rotatable bonds is 5. The Morgan fingerprint density at radius 3 is 2.65 bits per heavy atom. The molecule has 0 fully saturated rings. The fraction of sp³-hybridized carbons (Fsp3) is 0.214. The molecular weight excluding hydrogens is 278 g/mol. The summed E-state index contributed by atoms with van der Waals surface area (Å²) in [6.45, 7) is 0.708. The van der Waals surface area contributed by atoms with Crippen molar-refractivity contribution in [3.05, 3.63) is 58.8 Å². The Morgan fingerprint density at radius 1 is 1.06 bits per heavy atom. The Bertz CT molecular complexity index is 459. The predicted octanol–water partition coefficient (Wildman–Crippen LogP) is 3.86. The molecule has 0 saturated heterocycles. The first-order valence-corrected chi connectivity index (χ1v) is 6.43. The van der Waals surface area contributed by atoms with Gasteiger partial charge in [-0.05, 0) is 46.5 Å². The molecule has 1 aromatic heterocycles. The molecule has 0 saturated carbocycles. The Kier molecular flexibility index (Phi) is 4.56. The molecule has 1 heterocycles. The van der Waals surface area contributed by atoms with Crippen LogP contribution in [0.2, 0.25) is 0 Å². The Balaban J connectivity index is 1.76. The van der Waals surface area contributed by atoms with E-state index in [1.54, 1.807) is 6.20 Å². The largest absolute Gasteiger partial charge is 0.491 e. The summed E-state index contributed by atoms with van der Waals surface area (Å²) in [5.41, 5.74) is 1.35. The monoisotopic (exact) mass is 291 g/mol. The van der Waals surface area contributed by atoms with E-state index < -0.39 is 0 Å². The Morgan fingerprint density at radius 2 is 1.88 bits per heavy atom. The molecule has 2 rings (SSSR count). The van der Waals surface area contributed by atoms with E-state index in [1.807, 2.05) is 18.2 Å². The van der Waals surface area contributed by atoms with Gasteiger partial charge in [0, 0.05) is 6.20 Å². The molecule has 88 valence electrons. The molecule has 0 aliphatic carbocycles. The lowest BCUT2D eigenvalue weighted by atomic mass is 10.1. The standard InChI is InChI=1S/C14H14BrNO/c15-14-13(9-4-10-16-14)17-11-5-8-12-6-2-1-3-7-12/h1-4,6-7,9-10H,5,8,11H2. The highest BCUT2D eigenvalue weighted by molar-refractivity contribution is 9.10. The topological polar surface area (TPSA) is 22.1 Å². The van der Waals surface area contributed by atoms with Gasteiger partial charge in [0.2, 0.25) is 0 Å². The number of aromatic nitrogens is 1. The van der Waals surface area contributed by atoms with Crippen molar-refractivity contribution in [2.45, 2.75) is 12.8 Å². The van der Waals surface area contributed by atoms with E-state index in [2.05, 4.69) is 45.2 Å². The quantitative estimate of drug-likeness (QED) is 0.617. The number of benzene rings is 1. The molecule has 0 amide bonds. The molecule has 3 heteroatoms. The van der Waals surface area contributed by atoms with Crippen molar-refractivity contribution in [1.29, 1.82) is 0 Å². The second-order valence-electron chi connectivity index (χ2n) is 3.73. The van der Waals surface area contributed by atoms with E-state index in [0.29, 0.717) is 6.61 Å². The minimum absolute atomic E-state index is 0.708. The van der Waals surface area contributed by atoms with Crippen molar-refractivity contribution in [2.24, 2.45) is 0 Å². The average Bonchev–Trinajstić information content (AvgIpc) is 2.38. The minimum atomic E-state index is 0.708. The van der Waals surface area contributed by atoms with Gasteiger partial charge in [-0.1, -0.05) is 30.3 Å². The molecular formula is C14H14BrNO. The molecule has 0 radical (unpaired) electrons. The van der Waals surface area contributed by atoms with Crippen LogP contribution in [-0.2, 0) is 6.42 Å². The van der Waals surface area contributed by atoms with Gasteiger partial charge in [-0.3, -0.25) is 0 Å². The van der Waals surface area contributed by atoms with Crippen molar-refractivity contribution >= 4 is 15.9 Å². The minimum Gasteiger partial charge on any atom is -0.491 e. The zero-order chi connectivity index (χ0) is 11.9. The molecule has 0 spiro atoms. The van der Waals surface area contributed by atoms with Crippen LogP contribution in [0.3, 0.4) is 0 Å². The number of hydrogen-bond acceptors (Lipinski definition) is 2. The summed E-state index contributed by atoms with van der Waals surface area (Å²) < 4.78 is 6.41. The number of nitrogens with zero attached hydrogens (tertiary/aromatic N) is 1. The van der Waals surface area contributed by atoms with E-state index in [9.17, 15) is 0 Å². The highest BCUT2D eigenvalue weighted by atomic mass is 79.9. The van der Waals surface area contributed by atoms with Crippen molar-refractivity contribution in [2.75, 3.05) is 6.61 Å². The maximum atomic E-state index is 5.65. The van der Waals surface area contributed by atoms with Crippen molar-refractivity contribution in [3.63, 3.8) is 0 Å². The number of pyridine rings is 1. The van der Waals surface area contributed by atoms with Crippen LogP contribution in [-0.4, -0.2) is 11.6 Å². The molecule has 1 aromatic carbocycles. The smallest absolute Gasteiger partial charge is 0.152 e. The van der Waals surface area contributed by atoms with Crippen LogP contribution in [0.25, 0.3) is 0 Å². The predicted molar refractivity (Wildman–Crippen MR) is 72.2 cm³/mol. The summed E-state index contributed by atoms with van der Waals surface area (Å²) in [5.74, 6) is 0.806. The second-order valence-corrected chi connectivity index (χ2v) is 4.48. The van der Waals surface area contributed by atoms with Gasteiger partial charge in [0.15, 0.2) is 5.75 Å². The van der Waals surface area contributed by atoms with Gasteiger partial charge < -0.3 is 4.74 Å². The third kappa shape index (κ3) is 3.86. The van der Waals surface area contributed by atoms with Gasteiger partial charge in [0.05, 0.1) is 6.61 Å². The van der Waals surface area contributed by atoms with Gasteiger partial charge in [0.25, 0.3) is 0 Å². The van der Waals surface area contributed by atoms with Crippen LogP contribution in [0.15, 0.2) is 53.3 Å². The first kappa shape index (κ1) is 12.1. The van der Waals surface area contributed by atoms with Crippen molar-refractivity contribution in [3.8, 4) is 5.75 Å². The maximum absolute atomic E-state index is 5.65. The summed E-state index contributed by atoms with van der Waals surface area (Å²) in [5, 5.41) is 0. The molecule has 17 heavy (non-hydrogen) atoms. The highest BCUT2D eigenvalue weighted by Gasteiger charge is 2.00. The highest BCUT2D eigenvalue weighted by Crippen LogP contribution is 2.21. The van der Waals surface area contributed by atoms with Gasteiger partial charge in [0.1, 0.15) is 4.60 Å². The van der Waals surface area contributed by atoms with Crippen LogP contribution < -0.4 is 4.74 Å². The molecule has 0 aliphatic heterocycles. The second kappa shape index (κ2) is 6.40. The van der Waals surface area contributed by atoms with E-state index >= 15 is 0 Å². The van der Waals surface area contributed by atoms with Gasteiger partial charge in [-0.15, -0.1) is 0 Å². The van der Waals surface area contributed by atoms with Gasteiger partial charge in [-0.25, -0.2) is 4.98 Å². The van der Waals surface area contributed by atoms with Crippen LogP contribution in [0, 0.1) is 0 Å². The average molecular weight is 292 g/mol. The first-order chi connectivity index (χ1) is 8.36. The Hall–Kier alpha value is -1.35. The molecule has 0 bridgehead atoms. The first-order valence-electron chi connectivity index (χ1n) is 5.63. The zero-order valence-electron chi connectivity index (χ0n) is 9.47. The zero-order valence-corrected chi connectivity index (χ0v) is 11.1. The summed E-state index contributed by atoms with van der Waals surface area (Å²) >= 11 is 3.36. The van der Waals surface area contributed by atoms with Crippen LogP contribution in [0.5, 0.6) is 5.75 Å².